The van der Waals surface area contributed by atoms with Crippen molar-refractivity contribution in [3.63, 3.8) is 0 Å². The maximum absolute atomic E-state index is 5.72. The summed E-state index contributed by atoms with van der Waals surface area (Å²) in [4.78, 5) is 0. The van der Waals surface area contributed by atoms with E-state index in [2.05, 4.69) is 25.5 Å². The summed E-state index contributed by atoms with van der Waals surface area (Å²) in [6.45, 7) is 4.47. The van der Waals surface area contributed by atoms with Gasteiger partial charge in [0.2, 0.25) is 0 Å². The molecule has 0 amide bonds. The van der Waals surface area contributed by atoms with Gasteiger partial charge in [-0.05, 0) is 30.8 Å². The van der Waals surface area contributed by atoms with Crippen LogP contribution in [0.3, 0.4) is 0 Å². The molecule has 0 spiro atoms. The summed E-state index contributed by atoms with van der Waals surface area (Å²) in [6.07, 6.45) is 0. The van der Waals surface area contributed by atoms with E-state index in [1.54, 1.807) is 0 Å². The third kappa shape index (κ3) is 1.97. The molecule has 0 aliphatic rings. The van der Waals surface area contributed by atoms with E-state index in [0.29, 0.717) is 0 Å². The second-order valence-corrected chi connectivity index (χ2v) is 5.11. The molecule has 0 fully saturated rings. The molecule has 10 heavy (non-hydrogen) atoms. The zero-order valence-corrected chi connectivity index (χ0v) is 7.78. The molecule has 54 valence electrons. The molecule has 2 heteroatoms. The quantitative estimate of drug-likeness (QED) is 0.572. The van der Waals surface area contributed by atoms with Crippen molar-refractivity contribution in [3.8, 4) is 0 Å². The summed E-state index contributed by atoms with van der Waals surface area (Å²) < 4.78 is 0. The van der Waals surface area contributed by atoms with Crippen molar-refractivity contribution in [1.82, 2.24) is 0 Å². The summed E-state index contributed by atoms with van der Waals surface area (Å²) >= 11 is 5.72. The minimum absolute atomic E-state index is 0.0334. The van der Waals surface area contributed by atoms with Gasteiger partial charge in [0, 0.05) is 5.02 Å². The first-order valence-electron chi connectivity index (χ1n) is 3.13. The lowest BCUT2D eigenvalue weighted by Gasteiger charge is -2.03. The van der Waals surface area contributed by atoms with Crippen molar-refractivity contribution in [2.75, 3.05) is 13.3 Å². The molecule has 0 N–H and O–H groups in total. The number of rotatable bonds is 1. The van der Waals surface area contributed by atoms with E-state index in [-0.39, 0.29) is 7.92 Å². The summed E-state index contributed by atoms with van der Waals surface area (Å²) in [5.74, 6) is 0. The van der Waals surface area contributed by atoms with Gasteiger partial charge in [0.15, 0.2) is 0 Å². The second-order valence-electron chi connectivity index (χ2n) is 2.37. The van der Waals surface area contributed by atoms with E-state index < -0.39 is 0 Å². The molecule has 0 nitrogen and oxygen atoms in total. The Bertz CT molecular complexity index is 203. The highest BCUT2D eigenvalue weighted by Gasteiger charge is 1.95. The molecule has 0 saturated carbocycles. The molecule has 0 radical (unpaired) electrons. The maximum atomic E-state index is 5.72. The average Bonchev–Trinajstić information content (AvgIpc) is 1.88. The normalized spacial score (nSPS) is 10.4. The van der Waals surface area contributed by atoms with Crippen molar-refractivity contribution in [1.29, 1.82) is 0 Å². The molecule has 0 aromatic heterocycles. The Balaban J connectivity index is 2.89. The highest BCUT2D eigenvalue weighted by molar-refractivity contribution is 7.64. The van der Waals surface area contributed by atoms with Gasteiger partial charge in [-0.25, -0.2) is 0 Å². The fraction of sp³-hybridized carbons (Fsp3) is 0.250. The molecule has 0 atom stereocenters. The lowest BCUT2D eigenvalue weighted by atomic mass is 10.4. The molecule has 0 aliphatic heterocycles. The van der Waals surface area contributed by atoms with E-state index in [0.717, 1.165) is 5.02 Å². The first-order chi connectivity index (χ1) is 4.70. The van der Waals surface area contributed by atoms with E-state index >= 15 is 0 Å². The van der Waals surface area contributed by atoms with Crippen LogP contribution in [-0.4, -0.2) is 13.3 Å². The molecule has 0 saturated heterocycles. The van der Waals surface area contributed by atoms with Gasteiger partial charge < -0.3 is 0 Å². The van der Waals surface area contributed by atoms with Crippen LogP contribution in [0.1, 0.15) is 0 Å². The first kappa shape index (κ1) is 8.04. The summed E-state index contributed by atoms with van der Waals surface area (Å²) in [5.41, 5.74) is 0. The van der Waals surface area contributed by atoms with Crippen LogP contribution in [-0.2, 0) is 0 Å². The summed E-state index contributed by atoms with van der Waals surface area (Å²) in [5, 5.41) is 2.22. The third-order valence-electron chi connectivity index (χ3n) is 1.34. The summed E-state index contributed by atoms with van der Waals surface area (Å²) in [6, 6.07) is 8.07. The molecule has 1 aromatic carbocycles. The summed E-state index contributed by atoms with van der Waals surface area (Å²) in [7, 11) is 0.0334. The zero-order chi connectivity index (χ0) is 7.56. The number of halogens is 1. The van der Waals surface area contributed by atoms with Crippen LogP contribution in [0.2, 0.25) is 5.02 Å². The topological polar surface area (TPSA) is 0 Å². The lowest BCUT2D eigenvalue weighted by Crippen LogP contribution is -1.96. The molecule has 1 aromatic rings. The second kappa shape index (κ2) is 3.37. The highest BCUT2D eigenvalue weighted by Crippen LogP contribution is 2.23. The number of hydrogen-bond acceptors (Lipinski definition) is 0. The van der Waals surface area contributed by atoms with Gasteiger partial charge in [0.25, 0.3) is 0 Å². The highest BCUT2D eigenvalue weighted by atomic mass is 35.5. The zero-order valence-electron chi connectivity index (χ0n) is 6.13. The number of hydrogen-bond donors (Lipinski definition) is 0. The number of benzene rings is 1. The van der Waals surface area contributed by atoms with Crippen LogP contribution in [0.4, 0.5) is 0 Å². The third-order valence-corrected chi connectivity index (χ3v) is 2.93. The monoisotopic (exact) mass is 172 g/mol. The molecule has 0 aliphatic carbocycles. The minimum Gasteiger partial charge on any atom is -0.0843 e. The Morgan fingerprint density at radius 2 is 1.60 bits per heavy atom. The van der Waals surface area contributed by atoms with Gasteiger partial charge in [-0.15, -0.1) is 0 Å². The van der Waals surface area contributed by atoms with Gasteiger partial charge in [-0.3, -0.25) is 0 Å². The van der Waals surface area contributed by atoms with Crippen LogP contribution >= 0.6 is 19.5 Å². The van der Waals surface area contributed by atoms with Gasteiger partial charge >= 0.3 is 0 Å². The van der Waals surface area contributed by atoms with E-state index in [4.69, 9.17) is 11.6 Å². The first-order valence-corrected chi connectivity index (χ1v) is 5.74. The molecule has 0 unspecified atom stereocenters. The van der Waals surface area contributed by atoms with Crippen LogP contribution in [0.25, 0.3) is 0 Å². The molecular formula is C8H10ClP. The Morgan fingerprint density at radius 1 is 1.10 bits per heavy atom. The molecule has 0 heterocycles. The minimum atomic E-state index is 0.0334. The van der Waals surface area contributed by atoms with Gasteiger partial charge in [0.1, 0.15) is 0 Å². The fourth-order valence-corrected chi connectivity index (χ4v) is 1.61. The Labute approximate surface area is 68.0 Å². The van der Waals surface area contributed by atoms with Crippen LogP contribution in [0.5, 0.6) is 0 Å². The Kier molecular flexibility index (Phi) is 2.71. The maximum Gasteiger partial charge on any atom is 0.0406 e. The average molecular weight is 173 g/mol. The van der Waals surface area contributed by atoms with Crippen molar-refractivity contribution in [3.05, 3.63) is 29.3 Å². The van der Waals surface area contributed by atoms with Crippen molar-refractivity contribution >= 4 is 24.8 Å². The van der Waals surface area contributed by atoms with E-state index in [1.807, 2.05) is 12.1 Å². The molecule has 1 rings (SSSR count). The van der Waals surface area contributed by atoms with Gasteiger partial charge in [-0.1, -0.05) is 31.7 Å². The van der Waals surface area contributed by atoms with Crippen molar-refractivity contribution in [2.45, 2.75) is 0 Å². The fourth-order valence-electron chi connectivity index (χ4n) is 0.739. The van der Waals surface area contributed by atoms with Crippen molar-refractivity contribution < 1.29 is 0 Å². The SMILES string of the molecule is CP(C)c1ccc(Cl)cc1. The predicted molar refractivity (Wildman–Crippen MR) is 49.9 cm³/mol. The molecule has 0 bridgehead atoms. The lowest BCUT2D eigenvalue weighted by molar-refractivity contribution is 1.76. The predicted octanol–water partition coefficient (Wildman–Crippen LogP) is 2.71. The molecular weight excluding hydrogens is 163 g/mol. The van der Waals surface area contributed by atoms with E-state index in [1.165, 1.54) is 5.30 Å². The Morgan fingerprint density at radius 3 is 2.00 bits per heavy atom. The smallest absolute Gasteiger partial charge is 0.0406 e. The van der Waals surface area contributed by atoms with Crippen LogP contribution < -0.4 is 5.30 Å². The van der Waals surface area contributed by atoms with Crippen LogP contribution in [0.15, 0.2) is 24.3 Å². The van der Waals surface area contributed by atoms with Gasteiger partial charge in [-0.2, -0.15) is 0 Å². The van der Waals surface area contributed by atoms with Crippen LogP contribution in [0, 0.1) is 0 Å². The standard InChI is InChI=1S/C8H10ClP/c1-10(2)8-5-3-7(9)4-6-8/h3-6H,1-2H3. The van der Waals surface area contributed by atoms with Crippen molar-refractivity contribution in [2.24, 2.45) is 0 Å². The van der Waals surface area contributed by atoms with Gasteiger partial charge in [0.05, 0.1) is 0 Å². The Hall–Kier alpha value is -0.0600. The largest absolute Gasteiger partial charge is 0.0843 e. The van der Waals surface area contributed by atoms with E-state index in [9.17, 15) is 0 Å².